The van der Waals surface area contributed by atoms with Crippen molar-refractivity contribution in [1.82, 2.24) is 15.2 Å². The molecule has 12 heteroatoms. The molecule has 1 N–H and O–H groups in total. The van der Waals surface area contributed by atoms with Gasteiger partial charge in [-0.25, -0.2) is 4.98 Å². The third kappa shape index (κ3) is 4.61. The maximum absolute atomic E-state index is 11.8. The Morgan fingerprint density at radius 1 is 1.36 bits per heavy atom. The van der Waals surface area contributed by atoms with Crippen LogP contribution in [0.1, 0.15) is 0 Å². The molecule has 0 aliphatic rings. The fourth-order valence-electron chi connectivity index (χ4n) is 1.67. The number of benzene rings is 1. The molecule has 3 rings (SSSR count). The minimum atomic E-state index is -0.565. The minimum absolute atomic E-state index is 0.00927. The van der Waals surface area contributed by atoms with Crippen LogP contribution in [-0.4, -0.2) is 31.8 Å². The first-order valence-corrected chi connectivity index (χ1v) is 9.23. The number of amides is 1. The summed E-state index contributed by atoms with van der Waals surface area (Å²) < 4.78 is 6.42. The summed E-state index contributed by atoms with van der Waals surface area (Å²) in [6.07, 6.45) is 1.09. The highest BCUT2D eigenvalue weighted by atomic mass is 79.9. The van der Waals surface area contributed by atoms with E-state index in [2.05, 4.69) is 36.4 Å². The highest BCUT2D eigenvalue weighted by molar-refractivity contribution is 9.10. The molecular formula is C13H8BrN5O4S2. The first-order valence-electron chi connectivity index (χ1n) is 6.63. The molecule has 0 bridgehead atoms. The van der Waals surface area contributed by atoms with Gasteiger partial charge in [0, 0.05) is 10.0 Å². The molecule has 0 fully saturated rings. The Balaban J connectivity index is 1.55. The summed E-state index contributed by atoms with van der Waals surface area (Å²) >= 11 is 5.19. The van der Waals surface area contributed by atoms with Crippen LogP contribution in [-0.2, 0) is 4.79 Å². The van der Waals surface area contributed by atoms with Crippen LogP contribution in [0.3, 0.4) is 0 Å². The Morgan fingerprint density at radius 3 is 2.80 bits per heavy atom. The van der Waals surface area contributed by atoms with E-state index in [9.17, 15) is 14.9 Å². The predicted molar refractivity (Wildman–Crippen MR) is 95.6 cm³/mol. The first-order chi connectivity index (χ1) is 12.0. The van der Waals surface area contributed by atoms with Gasteiger partial charge in [-0.2, -0.15) is 0 Å². The topological polar surface area (TPSA) is 124 Å². The van der Waals surface area contributed by atoms with Crippen LogP contribution in [0.15, 0.2) is 44.6 Å². The summed E-state index contributed by atoms with van der Waals surface area (Å²) in [6, 6.07) is 7.36. The molecule has 0 aliphatic carbocycles. The fourth-order valence-corrected chi connectivity index (χ4v) is 3.14. The zero-order valence-electron chi connectivity index (χ0n) is 12.2. The molecule has 25 heavy (non-hydrogen) atoms. The van der Waals surface area contributed by atoms with E-state index >= 15 is 0 Å². The van der Waals surface area contributed by atoms with Gasteiger partial charge >= 0.3 is 5.00 Å². The van der Waals surface area contributed by atoms with E-state index in [1.807, 2.05) is 24.3 Å². The lowest BCUT2D eigenvalue weighted by Crippen LogP contribution is -2.13. The number of thioether (sulfide) groups is 1. The number of thiazole rings is 1. The summed E-state index contributed by atoms with van der Waals surface area (Å²) in [5.74, 6) is -0.0152. The van der Waals surface area contributed by atoms with Gasteiger partial charge in [-0.15, -0.1) is 10.2 Å². The molecule has 1 amide bonds. The molecule has 2 aromatic heterocycles. The molecule has 3 aromatic rings. The number of nitrogens with one attached hydrogen (secondary N) is 1. The number of nitrogens with zero attached hydrogens (tertiary/aromatic N) is 4. The number of rotatable bonds is 6. The quantitative estimate of drug-likeness (QED) is 0.349. The monoisotopic (exact) mass is 441 g/mol. The Morgan fingerprint density at radius 2 is 2.12 bits per heavy atom. The largest absolute Gasteiger partial charge is 0.411 e. The molecule has 2 heterocycles. The molecule has 1 aromatic carbocycles. The van der Waals surface area contributed by atoms with E-state index in [1.165, 1.54) is 0 Å². The van der Waals surface area contributed by atoms with Crippen molar-refractivity contribution in [3.05, 3.63) is 45.0 Å². The number of halogens is 1. The van der Waals surface area contributed by atoms with E-state index in [1.54, 1.807) is 0 Å². The fraction of sp³-hybridized carbons (Fsp3) is 0.0769. The van der Waals surface area contributed by atoms with Gasteiger partial charge in [0.15, 0.2) is 5.13 Å². The van der Waals surface area contributed by atoms with Gasteiger partial charge in [0.25, 0.3) is 5.22 Å². The average Bonchev–Trinajstić information content (AvgIpc) is 3.23. The third-order valence-corrected chi connectivity index (χ3v) is 4.96. The van der Waals surface area contributed by atoms with E-state index in [0.717, 1.165) is 39.3 Å². The molecule has 9 nitrogen and oxygen atoms in total. The number of hydrogen-bond donors (Lipinski definition) is 1. The van der Waals surface area contributed by atoms with Crippen molar-refractivity contribution < 1.29 is 14.1 Å². The van der Waals surface area contributed by atoms with Gasteiger partial charge < -0.3 is 9.73 Å². The Hall–Kier alpha value is -2.31. The van der Waals surface area contributed by atoms with Gasteiger partial charge in [-0.05, 0) is 35.6 Å². The van der Waals surface area contributed by atoms with E-state index in [0.29, 0.717) is 5.89 Å². The van der Waals surface area contributed by atoms with Crippen LogP contribution in [0.2, 0.25) is 0 Å². The van der Waals surface area contributed by atoms with Crippen molar-refractivity contribution in [3.8, 4) is 11.5 Å². The molecule has 0 radical (unpaired) electrons. The number of hydrogen-bond acceptors (Lipinski definition) is 9. The lowest BCUT2D eigenvalue weighted by atomic mass is 10.2. The Bertz CT molecular complexity index is 911. The number of aromatic nitrogens is 3. The molecule has 0 unspecified atom stereocenters. The molecule has 0 atom stereocenters. The second kappa shape index (κ2) is 7.72. The number of carbonyl (C=O) groups is 1. The number of nitro groups is 1. The lowest BCUT2D eigenvalue weighted by Gasteiger charge is -1.98. The number of carbonyl (C=O) groups excluding carboxylic acids is 1. The summed E-state index contributed by atoms with van der Waals surface area (Å²) in [6.45, 7) is 0. The summed E-state index contributed by atoms with van der Waals surface area (Å²) in [7, 11) is 0. The van der Waals surface area contributed by atoms with E-state index in [-0.39, 0.29) is 27.0 Å². The molecular weight excluding hydrogens is 434 g/mol. The maximum atomic E-state index is 11.8. The molecule has 0 spiro atoms. The SMILES string of the molecule is O=C(CSc1nnc(-c2ccc(Br)cc2)o1)Nc1ncc([N+](=O)[O-])s1. The van der Waals surface area contributed by atoms with Crippen molar-refractivity contribution in [3.63, 3.8) is 0 Å². The van der Waals surface area contributed by atoms with Gasteiger partial charge in [0.05, 0.1) is 10.7 Å². The smallest absolute Gasteiger partial charge is 0.345 e. The summed E-state index contributed by atoms with van der Waals surface area (Å²) in [5.41, 5.74) is 0.766. The third-order valence-electron chi connectivity index (χ3n) is 2.74. The zero-order chi connectivity index (χ0) is 17.8. The molecule has 0 saturated heterocycles. The van der Waals surface area contributed by atoms with Crippen molar-refractivity contribution in [2.75, 3.05) is 11.1 Å². The highest BCUT2D eigenvalue weighted by Gasteiger charge is 2.15. The van der Waals surface area contributed by atoms with Gasteiger partial charge in [0.1, 0.15) is 6.20 Å². The van der Waals surface area contributed by atoms with Crippen molar-refractivity contribution in [2.24, 2.45) is 0 Å². The van der Waals surface area contributed by atoms with Crippen LogP contribution in [0.25, 0.3) is 11.5 Å². The molecule has 0 aliphatic heterocycles. The second-order valence-electron chi connectivity index (χ2n) is 4.48. The normalized spacial score (nSPS) is 10.6. The van der Waals surface area contributed by atoms with Crippen LogP contribution in [0.5, 0.6) is 0 Å². The van der Waals surface area contributed by atoms with Crippen LogP contribution >= 0.6 is 39.0 Å². The zero-order valence-corrected chi connectivity index (χ0v) is 15.4. The molecule has 128 valence electrons. The second-order valence-corrected chi connectivity index (χ2v) is 7.33. The van der Waals surface area contributed by atoms with Gasteiger partial charge in [-0.3, -0.25) is 14.9 Å². The minimum Gasteiger partial charge on any atom is -0.411 e. The summed E-state index contributed by atoms with van der Waals surface area (Å²) in [5, 5.41) is 21.1. The predicted octanol–water partition coefficient (Wildman–Crippen LogP) is 3.59. The van der Waals surface area contributed by atoms with Crippen LogP contribution in [0, 0.1) is 10.1 Å². The molecule has 0 saturated carbocycles. The van der Waals surface area contributed by atoms with Gasteiger partial charge in [0.2, 0.25) is 11.8 Å². The number of anilines is 1. The first kappa shape index (κ1) is 17.5. The Kier molecular flexibility index (Phi) is 5.40. The highest BCUT2D eigenvalue weighted by Crippen LogP contribution is 2.26. The van der Waals surface area contributed by atoms with Crippen LogP contribution < -0.4 is 5.32 Å². The van der Waals surface area contributed by atoms with E-state index < -0.39 is 4.92 Å². The van der Waals surface area contributed by atoms with Crippen molar-refractivity contribution in [1.29, 1.82) is 0 Å². The average molecular weight is 442 g/mol. The van der Waals surface area contributed by atoms with Gasteiger partial charge in [-0.1, -0.05) is 27.7 Å². The maximum Gasteiger partial charge on any atom is 0.345 e. The summed E-state index contributed by atoms with van der Waals surface area (Å²) in [4.78, 5) is 25.6. The van der Waals surface area contributed by atoms with Crippen molar-refractivity contribution in [2.45, 2.75) is 5.22 Å². The standard InChI is InChI=1S/C13H8BrN5O4S2/c14-8-3-1-7(2-4-8)11-17-18-13(23-11)24-6-9(20)16-12-15-5-10(25-12)19(21)22/h1-5H,6H2,(H,15,16,20). The lowest BCUT2D eigenvalue weighted by molar-refractivity contribution is -0.380. The van der Waals surface area contributed by atoms with Crippen molar-refractivity contribution >= 4 is 55.1 Å². The Labute approximate surface area is 157 Å². The van der Waals surface area contributed by atoms with E-state index in [4.69, 9.17) is 4.42 Å². The van der Waals surface area contributed by atoms with Crippen LogP contribution in [0.4, 0.5) is 10.1 Å².